The van der Waals surface area contributed by atoms with Crippen LogP contribution in [0.2, 0.25) is 0 Å². The van der Waals surface area contributed by atoms with Gasteiger partial charge >= 0.3 is 0 Å². The second kappa shape index (κ2) is 7.66. The highest BCUT2D eigenvalue weighted by Gasteiger charge is 1.87. The van der Waals surface area contributed by atoms with Gasteiger partial charge in [-0.05, 0) is 23.3 Å². The van der Waals surface area contributed by atoms with Crippen LogP contribution in [0.5, 0.6) is 0 Å². The normalized spacial score (nSPS) is 8.81. The molecule has 1 aromatic heterocycles. The maximum absolute atomic E-state index is 5.60. The SMILES string of the molecule is C=Cc1ccc(CCl)cc1.c1ccncc1. The first kappa shape index (κ1) is 12.5. The Hall–Kier alpha value is -1.60. The van der Waals surface area contributed by atoms with E-state index < -0.39 is 0 Å². The molecule has 1 aromatic carbocycles. The molecule has 82 valence electrons. The molecule has 0 bridgehead atoms. The van der Waals surface area contributed by atoms with Gasteiger partial charge in [0.05, 0.1) is 0 Å². The summed E-state index contributed by atoms with van der Waals surface area (Å²) in [6.07, 6.45) is 5.32. The van der Waals surface area contributed by atoms with E-state index in [0.29, 0.717) is 5.88 Å². The molecule has 2 heteroatoms. The summed E-state index contributed by atoms with van der Waals surface area (Å²) in [5.74, 6) is 0.581. The molecule has 0 N–H and O–H groups in total. The zero-order valence-corrected chi connectivity index (χ0v) is 9.77. The van der Waals surface area contributed by atoms with E-state index in [1.54, 1.807) is 12.4 Å². The van der Waals surface area contributed by atoms with E-state index in [9.17, 15) is 0 Å². The van der Waals surface area contributed by atoms with Crippen LogP contribution in [0.15, 0.2) is 61.4 Å². The van der Waals surface area contributed by atoms with Crippen LogP contribution in [-0.2, 0) is 5.88 Å². The van der Waals surface area contributed by atoms with Gasteiger partial charge in [-0.25, -0.2) is 0 Å². The van der Waals surface area contributed by atoms with Crippen LogP contribution in [-0.4, -0.2) is 4.98 Å². The lowest BCUT2D eigenvalue weighted by atomic mass is 10.1. The lowest BCUT2D eigenvalue weighted by Crippen LogP contribution is -1.76. The third-order valence-electron chi connectivity index (χ3n) is 1.94. The van der Waals surface area contributed by atoms with E-state index in [0.717, 1.165) is 11.1 Å². The summed E-state index contributed by atoms with van der Waals surface area (Å²) < 4.78 is 0. The lowest BCUT2D eigenvalue weighted by molar-refractivity contribution is 1.33. The van der Waals surface area contributed by atoms with Crippen molar-refractivity contribution >= 4 is 17.7 Å². The second-order valence-corrected chi connectivity index (χ2v) is 3.37. The molecule has 0 fully saturated rings. The van der Waals surface area contributed by atoms with E-state index in [1.165, 1.54) is 0 Å². The smallest absolute Gasteiger partial charge is 0.0474 e. The largest absolute Gasteiger partial charge is 0.265 e. The van der Waals surface area contributed by atoms with Crippen LogP contribution >= 0.6 is 11.6 Å². The van der Waals surface area contributed by atoms with E-state index >= 15 is 0 Å². The molecule has 1 heterocycles. The number of halogens is 1. The number of alkyl halides is 1. The topological polar surface area (TPSA) is 12.9 Å². The molecule has 0 saturated carbocycles. The van der Waals surface area contributed by atoms with Crippen LogP contribution in [0.4, 0.5) is 0 Å². The van der Waals surface area contributed by atoms with Gasteiger partial charge in [-0.1, -0.05) is 43.0 Å². The standard InChI is InChI=1S/C9H9Cl.C5H5N/c1-2-8-3-5-9(7-10)6-4-8;1-2-4-6-5-3-1/h2-6H,1,7H2;1-5H. The van der Waals surface area contributed by atoms with Crippen molar-refractivity contribution in [1.29, 1.82) is 0 Å². The Kier molecular flexibility index (Phi) is 5.97. The van der Waals surface area contributed by atoms with Gasteiger partial charge in [0.2, 0.25) is 0 Å². The van der Waals surface area contributed by atoms with Gasteiger partial charge in [0.15, 0.2) is 0 Å². The van der Waals surface area contributed by atoms with E-state index in [-0.39, 0.29) is 0 Å². The number of aromatic nitrogens is 1. The molecular formula is C14H14ClN. The minimum atomic E-state index is 0.581. The molecule has 2 aromatic rings. The number of benzene rings is 1. The molecule has 0 aliphatic rings. The Morgan fingerprint density at radius 2 is 1.69 bits per heavy atom. The van der Waals surface area contributed by atoms with Gasteiger partial charge in [-0.15, -0.1) is 11.6 Å². The number of nitrogens with zero attached hydrogens (tertiary/aromatic N) is 1. The molecule has 2 rings (SSSR count). The van der Waals surface area contributed by atoms with E-state index in [1.807, 2.05) is 48.5 Å². The van der Waals surface area contributed by atoms with Crippen molar-refractivity contribution in [3.05, 3.63) is 72.6 Å². The van der Waals surface area contributed by atoms with Crippen LogP contribution in [0.25, 0.3) is 6.08 Å². The van der Waals surface area contributed by atoms with E-state index in [4.69, 9.17) is 11.6 Å². The Labute approximate surface area is 101 Å². The molecule has 0 amide bonds. The highest BCUT2D eigenvalue weighted by molar-refractivity contribution is 6.17. The van der Waals surface area contributed by atoms with Gasteiger partial charge in [0.1, 0.15) is 0 Å². The average molecular weight is 232 g/mol. The highest BCUT2D eigenvalue weighted by atomic mass is 35.5. The summed E-state index contributed by atoms with van der Waals surface area (Å²) in [4.78, 5) is 3.78. The Morgan fingerprint density at radius 3 is 2.00 bits per heavy atom. The second-order valence-electron chi connectivity index (χ2n) is 3.10. The molecule has 0 atom stereocenters. The molecule has 0 unspecified atom stereocenters. The van der Waals surface area contributed by atoms with Crippen molar-refractivity contribution in [2.75, 3.05) is 0 Å². The molecule has 0 radical (unpaired) electrons. The molecule has 0 aliphatic carbocycles. The third kappa shape index (κ3) is 4.76. The molecule has 0 spiro atoms. The van der Waals surface area contributed by atoms with Crippen molar-refractivity contribution in [2.45, 2.75) is 5.88 Å². The summed E-state index contributed by atoms with van der Waals surface area (Å²) in [5, 5.41) is 0. The molecule has 1 nitrogen and oxygen atoms in total. The first-order valence-corrected chi connectivity index (χ1v) is 5.52. The fourth-order valence-corrected chi connectivity index (χ4v) is 1.23. The maximum Gasteiger partial charge on any atom is 0.0474 e. The maximum atomic E-state index is 5.60. The van der Waals surface area contributed by atoms with Gasteiger partial charge in [-0.3, -0.25) is 4.98 Å². The first-order valence-electron chi connectivity index (χ1n) is 4.99. The minimum Gasteiger partial charge on any atom is -0.265 e. The molecule has 16 heavy (non-hydrogen) atoms. The number of pyridine rings is 1. The third-order valence-corrected chi connectivity index (χ3v) is 2.24. The van der Waals surface area contributed by atoms with Crippen LogP contribution in [0.1, 0.15) is 11.1 Å². The van der Waals surface area contributed by atoms with Crippen molar-refractivity contribution in [3.63, 3.8) is 0 Å². The highest BCUT2D eigenvalue weighted by Crippen LogP contribution is 2.06. The first-order chi connectivity index (χ1) is 7.86. The zero-order chi connectivity index (χ0) is 11.6. The fourth-order valence-electron chi connectivity index (χ4n) is 1.06. The van der Waals surface area contributed by atoms with Crippen LogP contribution in [0, 0.1) is 0 Å². The number of hydrogen-bond donors (Lipinski definition) is 0. The fraction of sp³-hybridized carbons (Fsp3) is 0.0714. The Bertz CT molecular complexity index is 368. The lowest BCUT2D eigenvalue weighted by Gasteiger charge is -1.94. The number of hydrogen-bond acceptors (Lipinski definition) is 1. The monoisotopic (exact) mass is 231 g/mol. The van der Waals surface area contributed by atoms with Crippen LogP contribution < -0.4 is 0 Å². The van der Waals surface area contributed by atoms with E-state index in [2.05, 4.69) is 11.6 Å². The summed E-state index contributed by atoms with van der Waals surface area (Å²) in [6.45, 7) is 3.65. The van der Waals surface area contributed by atoms with Gasteiger partial charge in [0, 0.05) is 18.3 Å². The Morgan fingerprint density at radius 1 is 1.06 bits per heavy atom. The Balaban J connectivity index is 0.000000181. The minimum absolute atomic E-state index is 0.581. The van der Waals surface area contributed by atoms with Gasteiger partial charge in [-0.2, -0.15) is 0 Å². The van der Waals surface area contributed by atoms with Gasteiger partial charge in [0.25, 0.3) is 0 Å². The summed E-state index contributed by atoms with van der Waals surface area (Å²) in [7, 11) is 0. The van der Waals surface area contributed by atoms with Crippen LogP contribution in [0.3, 0.4) is 0 Å². The molecule has 0 saturated heterocycles. The van der Waals surface area contributed by atoms with Crippen molar-refractivity contribution in [3.8, 4) is 0 Å². The van der Waals surface area contributed by atoms with Gasteiger partial charge < -0.3 is 0 Å². The predicted octanol–water partition coefficient (Wildman–Crippen LogP) is 4.15. The molecule has 0 aliphatic heterocycles. The summed E-state index contributed by atoms with van der Waals surface area (Å²) in [5.41, 5.74) is 2.28. The quantitative estimate of drug-likeness (QED) is 0.708. The average Bonchev–Trinajstić information content (AvgIpc) is 2.41. The predicted molar refractivity (Wildman–Crippen MR) is 70.3 cm³/mol. The zero-order valence-electron chi connectivity index (χ0n) is 9.01. The van der Waals surface area contributed by atoms with Crippen molar-refractivity contribution in [1.82, 2.24) is 4.98 Å². The summed E-state index contributed by atoms with van der Waals surface area (Å²) >= 11 is 5.60. The number of rotatable bonds is 2. The molecular weight excluding hydrogens is 218 g/mol. The van der Waals surface area contributed by atoms with Crippen molar-refractivity contribution in [2.24, 2.45) is 0 Å². The van der Waals surface area contributed by atoms with Crippen molar-refractivity contribution < 1.29 is 0 Å². The summed E-state index contributed by atoms with van der Waals surface area (Å²) in [6, 6.07) is 13.7.